The molecule has 1 aliphatic heterocycles. The summed E-state index contributed by atoms with van der Waals surface area (Å²) in [6, 6.07) is 3.54. The number of aliphatic hydroxyl groups excluding tert-OH is 2. The second kappa shape index (κ2) is 5.65. The third-order valence-corrected chi connectivity index (χ3v) is 4.28. The van der Waals surface area contributed by atoms with Gasteiger partial charge in [0.1, 0.15) is 5.82 Å². The molecule has 0 bridgehead atoms. The molecule has 1 aromatic heterocycles. The molecule has 0 aromatic carbocycles. The summed E-state index contributed by atoms with van der Waals surface area (Å²) in [5.74, 6) is 0.899. The third kappa shape index (κ3) is 2.52. The van der Waals surface area contributed by atoms with E-state index < -0.39 is 18.2 Å². The van der Waals surface area contributed by atoms with Gasteiger partial charge in [0.05, 0.1) is 25.4 Å². The van der Waals surface area contributed by atoms with E-state index in [1.54, 1.807) is 6.20 Å². The predicted octanol–water partition coefficient (Wildman–Crippen LogP) is -0.545. The first-order chi connectivity index (χ1) is 9.66. The SMILES string of the molecule is N[C@@H]1C(c2ccc(N3CCOCC3)nc2)C[C@@H](O)[C@H]1O. The molecule has 0 spiro atoms. The molecule has 3 rings (SSSR count). The lowest BCUT2D eigenvalue weighted by Crippen LogP contribution is -2.37. The van der Waals surface area contributed by atoms with E-state index in [4.69, 9.17) is 10.5 Å². The number of rotatable bonds is 2. The van der Waals surface area contributed by atoms with Crippen molar-refractivity contribution in [3.63, 3.8) is 0 Å². The van der Waals surface area contributed by atoms with Gasteiger partial charge in [0.15, 0.2) is 0 Å². The van der Waals surface area contributed by atoms with Crippen molar-refractivity contribution >= 4 is 5.82 Å². The van der Waals surface area contributed by atoms with Crippen LogP contribution in [0.1, 0.15) is 17.9 Å². The summed E-state index contributed by atoms with van der Waals surface area (Å²) in [5, 5.41) is 19.4. The van der Waals surface area contributed by atoms with Crippen molar-refractivity contribution < 1.29 is 14.9 Å². The number of ether oxygens (including phenoxy) is 1. The normalized spacial score (nSPS) is 34.5. The van der Waals surface area contributed by atoms with Crippen molar-refractivity contribution in [3.05, 3.63) is 23.9 Å². The van der Waals surface area contributed by atoms with Crippen LogP contribution in [-0.4, -0.2) is 59.8 Å². The van der Waals surface area contributed by atoms with Crippen molar-refractivity contribution in [2.75, 3.05) is 31.2 Å². The molecule has 6 heteroatoms. The molecule has 1 aromatic rings. The molecule has 110 valence electrons. The van der Waals surface area contributed by atoms with Gasteiger partial charge in [0.25, 0.3) is 0 Å². The van der Waals surface area contributed by atoms with Crippen LogP contribution in [0.25, 0.3) is 0 Å². The molecule has 2 fully saturated rings. The molecule has 0 amide bonds. The Bertz CT molecular complexity index is 447. The maximum absolute atomic E-state index is 9.74. The Labute approximate surface area is 118 Å². The van der Waals surface area contributed by atoms with Gasteiger partial charge in [-0.25, -0.2) is 4.98 Å². The summed E-state index contributed by atoms with van der Waals surface area (Å²) in [7, 11) is 0. The number of aliphatic hydroxyl groups is 2. The van der Waals surface area contributed by atoms with E-state index in [1.807, 2.05) is 12.1 Å². The molecule has 1 saturated heterocycles. The van der Waals surface area contributed by atoms with Gasteiger partial charge in [0, 0.05) is 31.2 Å². The van der Waals surface area contributed by atoms with Crippen LogP contribution in [-0.2, 0) is 4.74 Å². The van der Waals surface area contributed by atoms with Gasteiger partial charge >= 0.3 is 0 Å². The van der Waals surface area contributed by atoms with Crippen molar-refractivity contribution in [2.45, 2.75) is 30.6 Å². The standard InChI is InChI=1S/C14H21N3O3/c15-13-10(7-11(18)14(13)19)9-1-2-12(16-8-9)17-3-5-20-6-4-17/h1-2,8,10-11,13-14,18-19H,3-7,15H2/t10?,11-,13-,14-/m1/s1. The summed E-state index contributed by atoms with van der Waals surface area (Å²) >= 11 is 0. The number of aromatic nitrogens is 1. The average molecular weight is 279 g/mol. The fourth-order valence-electron chi connectivity index (χ4n) is 3.01. The van der Waals surface area contributed by atoms with E-state index in [-0.39, 0.29) is 5.92 Å². The quantitative estimate of drug-likeness (QED) is 0.673. The molecule has 20 heavy (non-hydrogen) atoms. The summed E-state index contributed by atoms with van der Waals surface area (Å²) in [4.78, 5) is 6.67. The smallest absolute Gasteiger partial charge is 0.128 e. The largest absolute Gasteiger partial charge is 0.390 e. The molecular weight excluding hydrogens is 258 g/mol. The van der Waals surface area contributed by atoms with Gasteiger partial charge in [-0.1, -0.05) is 6.07 Å². The first-order valence-electron chi connectivity index (χ1n) is 7.07. The topological polar surface area (TPSA) is 91.8 Å². The van der Waals surface area contributed by atoms with Gasteiger partial charge in [-0.05, 0) is 18.1 Å². The molecular formula is C14H21N3O3. The first kappa shape index (κ1) is 13.8. The Hall–Kier alpha value is -1.21. The Morgan fingerprint density at radius 1 is 1.25 bits per heavy atom. The monoisotopic (exact) mass is 279 g/mol. The summed E-state index contributed by atoms with van der Waals surface area (Å²) in [6.45, 7) is 3.17. The van der Waals surface area contributed by atoms with E-state index >= 15 is 0 Å². The molecule has 4 N–H and O–H groups in total. The van der Waals surface area contributed by atoms with Crippen molar-refractivity contribution in [1.82, 2.24) is 4.98 Å². The summed E-state index contributed by atoms with van der Waals surface area (Å²) in [6.07, 6.45) is 0.703. The van der Waals surface area contributed by atoms with Gasteiger partial charge in [0.2, 0.25) is 0 Å². The van der Waals surface area contributed by atoms with E-state index in [9.17, 15) is 10.2 Å². The van der Waals surface area contributed by atoms with E-state index in [0.717, 1.165) is 37.7 Å². The summed E-state index contributed by atoms with van der Waals surface area (Å²) in [5.41, 5.74) is 6.94. The Morgan fingerprint density at radius 2 is 2.00 bits per heavy atom. The highest BCUT2D eigenvalue weighted by Gasteiger charge is 2.40. The number of hydrogen-bond acceptors (Lipinski definition) is 6. The maximum atomic E-state index is 9.74. The van der Waals surface area contributed by atoms with Crippen LogP contribution in [0.2, 0.25) is 0 Å². The minimum Gasteiger partial charge on any atom is -0.390 e. The van der Waals surface area contributed by atoms with E-state index in [0.29, 0.717) is 6.42 Å². The molecule has 4 atom stereocenters. The maximum Gasteiger partial charge on any atom is 0.128 e. The Kier molecular flexibility index (Phi) is 3.89. The average Bonchev–Trinajstić information content (AvgIpc) is 2.76. The van der Waals surface area contributed by atoms with Crippen LogP contribution in [0.4, 0.5) is 5.82 Å². The first-order valence-corrected chi connectivity index (χ1v) is 7.07. The highest BCUT2D eigenvalue weighted by atomic mass is 16.5. The molecule has 2 heterocycles. The number of pyridine rings is 1. The second-order valence-electron chi connectivity index (χ2n) is 5.53. The molecule has 0 radical (unpaired) electrons. The van der Waals surface area contributed by atoms with Crippen molar-refractivity contribution in [3.8, 4) is 0 Å². The minimum absolute atomic E-state index is 0.0359. The van der Waals surface area contributed by atoms with Crippen molar-refractivity contribution in [2.24, 2.45) is 5.73 Å². The van der Waals surface area contributed by atoms with Gasteiger partial charge in [-0.2, -0.15) is 0 Å². The van der Waals surface area contributed by atoms with Crippen LogP contribution < -0.4 is 10.6 Å². The summed E-state index contributed by atoms with van der Waals surface area (Å²) < 4.78 is 5.32. The lowest BCUT2D eigenvalue weighted by atomic mass is 9.95. The zero-order valence-electron chi connectivity index (χ0n) is 11.4. The van der Waals surface area contributed by atoms with E-state index in [2.05, 4.69) is 9.88 Å². The van der Waals surface area contributed by atoms with Crippen LogP contribution in [0, 0.1) is 0 Å². The van der Waals surface area contributed by atoms with Crippen molar-refractivity contribution in [1.29, 1.82) is 0 Å². The molecule has 1 unspecified atom stereocenters. The number of hydrogen-bond donors (Lipinski definition) is 3. The minimum atomic E-state index is -0.848. The highest BCUT2D eigenvalue weighted by Crippen LogP contribution is 2.34. The second-order valence-corrected chi connectivity index (χ2v) is 5.53. The Morgan fingerprint density at radius 3 is 2.55 bits per heavy atom. The number of morpholine rings is 1. The fourth-order valence-corrected chi connectivity index (χ4v) is 3.01. The zero-order valence-corrected chi connectivity index (χ0v) is 11.4. The van der Waals surface area contributed by atoms with Gasteiger partial charge in [-0.15, -0.1) is 0 Å². The number of anilines is 1. The van der Waals surface area contributed by atoms with Crippen LogP contribution in [0.5, 0.6) is 0 Å². The Balaban J connectivity index is 1.73. The van der Waals surface area contributed by atoms with Crippen LogP contribution in [0.3, 0.4) is 0 Å². The van der Waals surface area contributed by atoms with Gasteiger partial charge in [-0.3, -0.25) is 0 Å². The number of nitrogens with zero attached hydrogens (tertiary/aromatic N) is 2. The predicted molar refractivity (Wildman–Crippen MR) is 74.6 cm³/mol. The van der Waals surface area contributed by atoms with Gasteiger partial charge < -0.3 is 25.6 Å². The molecule has 1 aliphatic carbocycles. The van der Waals surface area contributed by atoms with E-state index in [1.165, 1.54) is 0 Å². The molecule has 1 saturated carbocycles. The number of nitrogens with two attached hydrogens (primary N) is 1. The third-order valence-electron chi connectivity index (χ3n) is 4.28. The zero-order chi connectivity index (χ0) is 14.1. The highest BCUT2D eigenvalue weighted by molar-refractivity contribution is 5.40. The molecule has 2 aliphatic rings. The lowest BCUT2D eigenvalue weighted by molar-refractivity contribution is 0.0363. The van der Waals surface area contributed by atoms with Crippen LogP contribution >= 0.6 is 0 Å². The molecule has 6 nitrogen and oxygen atoms in total. The fraction of sp³-hybridized carbons (Fsp3) is 0.643. The lowest BCUT2D eigenvalue weighted by Gasteiger charge is -2.28. The van der Waals surface area contributed by atoms with Crippen LogP contribution in [0.15, 0.2) is 18.3 Å².